The van der Waals surface area contributed by atoms with Crippen LogP contribution in [0.5, 0.6) is 0 Å². The molecule has 0 unspecified atom stereocenters. The maximum Gasteiger partial charge on any atom is 0.0562 e. The zero-order chi connectivity index (χ0) is 38.4. The largest absolute Gasteiger partial charge is 0.310 e. The minimum atomic E-state index is 1.09. The van der Waals surface area contributed by atoms with Crippen LogP contribution in [0.25, 0.3) is 82.4 Å². The van der Waals surface area contributed by atoms with E-state index in [1.807, 2.05) is 0 Å². The van der Waals surface area contributed by atoms with Crippen molar-refractivity contribution in [1.29, 1.82) is 0 Å². The Morgan fingerprint density at radius 1 is 0.310 bits per heavy atom. The number of para-hydroxylation sites is 3. The number of aromatic nitrogens is 1. The van der Waals surface area contributed by atoms with Crippen LogP contribution in [0.3, 0.4) is 0 Å². The predicted molar refractivity (Wildman–Crippen MR) is 247 cm³/mol. The van der Waals surface area contributed by atoms with Crippen molar-refractivity contribution in [1.82, 2.24) is 4.57 Å². The maximum absolute atomic E-state index is 2.45. The molecule has 0 aliphatic rings. The number of nitrogens with zero attached hydrogens (tertiary/aromatic N) is 2. The van der Waals surface area contributed by atoms with Gasteiger partial charge in [0.1, 0.15) is 0 Å². The van der Waals surface area contributed by atoms with Gasteiger partial charge in [0, 0.05) is 27.7 Å². The highest BCUT2D eigenvalue weighted by atomic mass is 15.1. The first-order valence-electron chi connectivity index (χ1n) is 19.9. The summed E-state index contributed by atoms with van der Waals surface area (Å²) >= 11 is 0. The van der Waals surface area contributed by atoms with Gasteiger partial charge in [-0.05, 0) is 104 Å². The third-order valence-electron chi connectivity index (χ3n) is 11.6. The van der Waals surface area contributed by atoms with Crippen LogP contribution < -0.4 is 4.90 Å². The Balaban J connectivity index is 1.19. The summed E-state index contributed by atoms with van der Waals surface area (Å²) in [6.07, 6.45) is 0. The second-order valence-electron chi connectivity index (χ2n) is 14.9. The molecule has 0 spiro atoms. The van der Waals surface area contributed by atoms with Crippen molar-refractivity contribution in [2.45, 2.75) is 0 Å². The van der Waals surface area contributed by atoms with Gasteiger partial charge in [0.15, 0.2) is 0 Å². The molecule has 10 aromatic carbocycles. The lowest BCUT2D eigenvalue weighted by Crippen LogP contribution is -2.10. The predicted octanol–water partition coefficient (Wildman–Crippen LogP) is 15.6. The van der Waals surface area contributed by atoms with E-state index in [1.165, 1.54) is 71.2 Å². The Kier molecular flexibility index (Phi) is 8.19. The Morgan fingerprint density at radius 3 is 1.81 bits per heavy atom. The van der Waals surface area contributed by atoms with Crippen LogP contribution >= 0.6 is 0 Å². The van der Waals surface area contributed by atoms with Crippen LogP contribution in [-0.2, 0) is 0 Å². The average molecular weight is 739 g/mol. The van der Waals surface area contributed by atoms with Gasteiger partial charge in [-0.1, -0.05) is 176 Å². The Bertz CT molecular complexity index is 3280. The summed E-state index contributed by atoms with van der Waals surface area (Å²) in [5.74, 6) is 0. The lowest BCUT2D eigenvalue weighted by Gasteiger charge is -2.28. The molecule has 11 rings (SSSR count). The fourth-order valence-electron chi connectivity index (χ4n) is 8.94. The first-order chi connectivity index (χ1) is 28.8. The number of rotatable bonds is 7. The van der Waals surface area contributed by atoms with Crippen molar-refractivity contribution in [3.63, 3.8) is 0 Å². The van der Waals surface area contributed by atoms with Crippen molar-refractivity contribution >= 4 is 60.4 Å². The molecule has 0 amide bonds. The Morgan fingerprint density at radius 2 is 0.948 bits per heavy atom. The summed E-state index contributed by atoms with van der Waals surface area (Å²) in [7, 11) is 0. The summed E-state index contributed by atoms with van der Waals surface area (Å²) in [4.78, 5) is 2.44. The van der Waals surface area contributed by atoms with Crippen molar-refractivity contribution in [3.8, 4) is 39.1 Å². The van der Waals surface area contributed by atoms with Gasteiger partial charge in [0.05, 0.1) is 22.4 Å². The molecule has 0 fully saturated rings. The Labute approximate surface area is 338 Å². The molecule has 2 nitrogen and oxygen atoms in total. The zero-order valence-electron chi connectivity index (χ0n) is 31.8. The van der Waals surface area contributed by atoms with Crippen LogP contribution in [0.4, 0.5) is 17.1 Å². The number of fused-ring (bicyclic) bond motifs is 5. The van der Waals surface area contributed by atoms with E-state index in [0.29, 0.717) is 0 Å². The molecule has 0 radical (unpaired) electrons. The molecule has 0 atom stereocenters. The molecule has 272 valence electrons. The fraction of sp³-hybridized carbons (Fsp3) is 0. The van der Waals surface area contributed by atoms with Gasteiger partial charge < -0.3 is 9.47 Å². The third-order valence-corrected chi connectivity index (χ3v) is 11.6. The smallest absolute Gasteiger partial charge is 0.0562 e. The fourth-order valence-corrected chi connectivity index (χ4v) is 8.94. The van der Waals surface area contributed by atoms with E-state index in [0.717, 1.165) is 28.3 Å². The monoisotopic (exact) mass is 738 g/mol. The van der Waals surface area contributed by atoms with Gasteiger partial charge in [-0.3, -0.25) is 0 Å². The van der Waals surface area contributed by atoms with Crippen molar-refractivity contribution in [2.24, 2.45) is 0 Å². The summed E-state index contributed by atoms with van der Waals surface area (Å²) in [5, 5.41) is 7.35. The topological polar surface area (TPSA) is 8.17 Å². The average Bonchev–Trinajstić information content (AvgIpc) is 3.64. The van der Waals surface area contributed by atoms with Crippen molar-refractivity contribution in [3.05, 3.63) is 231 Å². The minimum Gasteiger partial charge on any atom is -0.310 e. The van der Waals surface area contributed by atoms with E-state index in [4.69, 9.17) is 0 Å². The molecule has 0 saturated carbocycles. The Hall–Kier alpha value is -7.68. The first kappa shape index (κ1) is 33.6. The first-order valence-corrected chi connectivity index (χ1v) is 19.9. The van der Waals surface area contributed by atoms with Crippen LogP contribution in [0.15, 0.2) is 231 Å². The summed E-state index contributed by atoms with van der Waals surface area (Å²) < 4.78 is 2.45. The van der Waals surface area contributed by atoms with Gasteiger partial charge in [-0.25, -0.2) is 0 Å². The molecule has 11 aromatic rings. The SMILES string of the molecule is c1ccc(-c2ccccc2-n2c3ccccc3c3c(N(c4ccccc4)c4ccc(-c5cccc6ccccc56)c(-c5ccc6ccccc6c5)c4)cccc32)cc1. The maximum atomic E-state index is 2.45. The molecular formula is C56H38N2. The summed E-state index contributed by atoms with van der Waals surface area (Å²) in [5.41, 5.74) is 14.0. The summed E-state index contributed by atoms with van der Waals surface area (Å²) in [6.45, 7) is 0. The molecule has 0 N–H and O–H groups in total. The van der Waals surface area contributed by atoms with Crippen LogP contribution in [0, 0.1) is 0 Å². The molecule has 1 aromatic heterocycles. The highest BCUT2D eigenvalue weighted by molar-refractivity contribution is 6.17. The van der Waals surface area contributed by atoms with E-state index in [2.05, 4.69) is 240 Å². The number of hydrogen-bond acceptors (Lipinski definition) is 1. The van der Waals surface area contributed by atoms with Gasteiger partial charge in [-0.2, -0.15) is 0 Å². The van der Waals surface area contributed by atoms with Gasteiger partial charge in [-0.15, -0.1) is 0 Å². The van der Waals surface area contributed by atoms with E-state index < -0.39 is 0 Å². The van der Waals surface area contributed by atoms with E-state index >= 15 is 0 Å². The highest BCUT2D eigenvalue weighted by Crippen LogP contribution is 2.47. The summed E-state index contributed by atoms with van der Waals surface area (Å²) in [6, 6.07) is 83.8. The molecular weight excluding hydrogens is 701 g/mol. The minimum absolute atomic E-state index is 1.09. The van der Waals surface area contributed by atoms with Crippen molar-refractivity contribution in [2.75, 3.05) is 4.90 Å². The lowest BCUT2D eigenvalue weighted by molar-refractivity contribution is 1.18. The molecule has 0 saturated heterocycles. The van der Waals surface area contributed by atoms with E-state index in [1.54, 1.807) is 0 Å². The molecule has 1 heterocycles. The van der Waals surface area contributed by atoms with Gasteiger partial charge in [0.25, 0.3) is 0 Å². The van der Waals surface area contributed by atoms with Crippen LogP contribution in [0.2, 0.25) is 0 Å². The second-order valence-corrected chi connectivity index (χ2v) is 14.9. The zero-order valence-corrected chi connectivity index (χ0v) is 31.8. The van der Waals surface area contributed by atoms with Crippen molar-refractivity contribution < 1.29 is 0 Å². The molecule has 58 heavy (non-hydrogen) atoms. The lowest BCUT2D eigenvalue weighted by atomic mass is 9.90. The number of benzene rings is 10. The third kappa shape index (κ3) is 5.66. The van der Waals surface area contributed by atoms with E-state index in [9.17, 15) is 0 Å². The second kappa shape index (κ2) is 14.1. The normalized spacial score (nSPS) is 11.4. The quantitative estimate of drug-likeness (QED) is 0.158. The van der Waals surface area contributed by atoms with Crippen LogP contribution in [-0.4, -0.2) is 4.57 Å². The number of anilines is 3. The molecule has 0 aliphatic heterocycles. The molecule has 0 bridgehead atoms. The van der Waals surface area contributed by atoms with E-state index in [-0.39, 0.29) is 0 Å². The molecule has 2 heteroatoms. The van der Waals surface area contributed by atoms with Gasteiger partial charge >= 0.3 is 0 Å². The standard InChI is InChI=1S/C56H38N2/c1-3-18-41(19-4-1)47-26-11-13-29-52(47)58-53-30-14-12-27-50(53)56-54(31-16-32-55(56)58)57(44-23-5-2-6-24-44)45-35-36-49(48-28-15-22-40-20-9-10-25-46(40)48)51(38-45)43-34-33-39-17-7-8-21-42(39)37-43/h1-38H. The highest BCUT2D eigenvalue weighted by Gasteiger charge is 2.23. The number of hydrogen-bond donors (Lipinski definition) is 0. The van der Waals surface area contributed by atoms with Gasteiger partial charge in [0.2, 0.25) is 0 Å². The molecule has 0 aliphatic carbocycles. The van der Waals surface area contributed by atoms with Crippen LogP contribution in [0.1, 0.15) is 0 Å².